The van der Waals surface area contributed by atoms with Crippen molar-refractivity contribution in [1.82, 2.24) is 0 Å². The van der Waals surface area contributed by atoms with Crippen LogP contribution >= 0.6 is 0 Å². The first-order chi connectivity index (χ1) is 25.7. The molecule has 0 saturated heterocycles. The average molecular weight is 669 g/mol. The quantitative estimate of drug-likeness (QED) is 0.148. The molecule has 0 aliphatic heterocycles. The van der Waals surface area contributed by atoms with Crippen LogP contribution < -0.4 is 0 Å². The fraction of sp³-hybridized carbons (Fsp3) is 0.154. The molecular formula is C52H44. The Labute approximate surface area is 308 Å². The Morgan fingerprint density at radius 3 is 1.60 bits per heavy atom. The molecule has 8 aromatic rings. The standard InChI is InChI=1S/C52H44/c1-3-36-30-33-49-47-20-11-10-18-45(47)46-19-12-13-21-48(46)52(49)50-34-43(31-32-44(36)50)40-24-22-38(23-25-40)39-26-28-42(29-27-39)51(41-16-8-5-9-17-41)35(2)37-14-6-4-7-15-37/h4-29,31-32,34-36,51H,3,30,33H2,1-2H3/t35?,36-,51?/m1/s1. The second-order valence-corrected chi connectivity index (χ2v) is 14.7. The SMILES string of the molecule is CC[C@@H]1CCc2c(c3ccccc3c3ccccc23)-c2cc(-c3ccc(-c4ccc(C(c5ccccc5)C(C)c5ccccc5)cc4)cc3)ccc21. The van der Waals surface area contributed by atoms with Crippen molar-refractivity contribution >= 4 is 21.5 Å². The number of aryl methyl sites for hydroxylation is 1. The zero-order valence-corrected chi connectivity index (χ0v) is 30.1. The van der Waals surface area contributed by atoms with Crippen molar-refractivity contribution in [3.05, 3.63) is 204 Å². The first kappa shape index (κ1) is 32.2. The molecule has 0 radical (unpaired) electrons. The highest BCUT2D eigenvalue weighted by molar-refractivity contribution is 6.16. The van der Waals surface area contributed by atoms with Gasteiger partial charge in [0, 0.05) is 5.92 Å². The van der Waals surface area contributed by atoms with E-state index in [0.29, 0.717) is 11.8 Å². The summed E-state index contributed by atoms with van der Waals surface area (Å²) in [5.74, 6) is 1.18. The van der Waals surface area contributed by atoms with E-state index in [2.05, 4.69) is 190 Å². The number of hydrogen-bond donors (Lipinski definition) is 0. The highest BCUT2D eigenvalue weighted by Gasteiger charge is 2.26. The summed E-state index contributed by atoms with van der Waals surface area (Å²) < 4.78 is 0. The molecule has 1 aliphatic rings. The van der Waals surface area contributed by atoms with Crippen molar-refractivity contribution in [1.29, 1.82) is 0 Å². The Bertz CT molecular complexity index is 2490. The van der Waals surface area contributed by atoms with Crippen molar-refractivity contribution < 1.29 is 0 Å². The Balaban J connectivity index is 1.07. The second kappa shape index (κ2) is 13.8. The summed E-state index contributed by atoms with van der Waals surface area (Å²) in [5.41, 5.74) is 14.9. The van der Waals surface area contributed by atoms with Gasteiger partial charge in [-0.25, -0.2) is 0 Å². The average Bonchev–Trinajstić information content (AvgIpc) is 3.39. The molecule has 1 aliphatic carbocycles. The van der Waals surface area contributed by atoms with Crippen molar-refractivity contribution in [3.63, 3.8) is 0 Å². The molecule has 8 aromatic carbocycles. The van der Waals surface area contributed by atoms with E-state index in [9.17, 15) is 0 Å². The molecule has 0 aromatic heterocycles. The predicted octanol–water partition coefficient (Wildman–Crippen LogP) is 14.4. The molecule has 0 N–H and O–H groups in total. The number of benzene rings is 8. The largest absolute Gasteiger partial charge is 0.0648 e. The van der Waals surface area contributed by atoms with Gasteiger partial charge in [-0.1, -0.05) is 184 Å². The smallest absolute Gasteiger partial charge is 0.0155 e. The summed E-state index contributed by atoms with van der Waals surface area (Å²) in [6, 6.07) is 65.7. The Hall–Kier alpha value is -5.72. The van der Waals surface area contributed by atoms with E-state index < -0.39 is 0 Å². The van der Waals surface area contributed by atoms with Gasteiger partial charge in [0.15, 0.2) is 0 Å². The van der Waals surface area contributed by atoms with Gasteiger partial charge in [0.1, 0.15) is 0 Å². The van der Waals surface area contributed by atoms with Crippen LogP contribution in [0.3, 0.4) is 0 Å². The van der Waals surface area contributed by atoms with Crippen LogP contribution in [0.25, 0.3) is 54.9 Å². The lowest BCUT2D eigenvalue weighted by atomic mass is 9.78. The molecule has 0 nitrogen and oxygen atoms in total. The summed E-state index contributed by atoms with van der Waals surface area (Å²) >= 11 is 0. The summed E-state index contributed by atoms with van der Waals surface area (Å²) in [6.07, 6.45) is 3.44. The van der Waals surface area contributed by atoms with Crippen LogP contribution in [-0.4, -0.2) is 0 Å². The van der Waals surface area contributed by atoms with E-state index in [-0.39, 0.29) is 5.92 Å². The topological polar surface area (TPSA) is 0 Å². The maximum Gasteiger partial charge on any atom is 0.0155 e. The van der Waals surface area contributed by atoms with Crippen LogP contribution in [-0.2, 0) is 6.42 Å². The van der Waals surface area contributed by atoms with Gasteiger partial charge < -0.3 is 0 Å². The molecule has 0 heterocycles. The zero-order valence-electron chi connectivity index (χ0n) is 30.1. The van der Waals surface area contributed by atoms with Gasteiger partial charge in [0.2, 0.25) is 0 Å². The second-order valence-electron chi connectivity index (χ2n) is 14.7. The fourth-order valence-electron chi connectivity index (χ4n) is 9.11. The molecular weight excluding hydrogens is 625 g/mol. The van der Waals surface area contributed by atoms with Gasteiger partial charge in [-0.05, 0) is 120 Å². The maximum absolute atomic E-state index is 2.49. The summed E-state index contributed by atoms with van der Waals surface area (Å²) in [5, 5.41) is 5.50. The maximum atomic E-state index is 2.49. The summed E-state index contributed by atoms with van der Waals surface area (Å²) in [4.78, 5) is 0. The van der Waals surface area contributed by atoms with Crippen molar-refractivity contribution in [2.24, 2.45) is 0 Å². The predicted molar refractivity (Wildman–Crippen MR) is 222 cm³/mol. The summed E-state index contributed by atoms with van der Waals surface area (Å²) in [6.45, 7) is 4.71. The fourth-order valence-corrected chi connectivity index (χ4v) is 9.11. The van der Waals surface area contributed by atoms with Gasteiger partial charge in [-0.15, -0.1) is 0 Å². The normalized spacial score (nSPS) is 15.1. The van der Waals surface area contributed by atoms with Crippen LogP contribution in [0.5, 0.6) is 0 Å². The van der Waals surface area contributed by atoms with E-state index in [0.717, 1.165) is 12.8 Å². The van der Waals surface area contributed by atoms with E-state index in [1.807, 2.05) is 0 Å². The van der Waals surface area contributed by atoms with Gasteiger partial charge in [0.05, 0.1) is 0 Å². The van der Waals surface area contributed by atoms with Crippen LogP contribution in [0.1, 0.15) is 72.3 Å². The van der Waals surface area contributed by atoms with E-state index in [1.165, 1.54) is 89.2 Å². The number of rotatable bonds is 7. The molecule has 0 fully saturated rings. The minimum absolute atomic E-state index is 0.279. The third-order valence-corrected chi connectivity index (χ3v) is 11.8. The molecule has 0 saturated carbocycles. The minimum atomic E-state index is 0.279. The minimum Gasteiger partial charge on any atom is -0.0648 e. The van der Waals surface area contributed by atoms with E-state index >= 15 is 0 Å². The molecule has 0 bridgehead atoms. The van der Waals surface area contributed by atoms with Gasteiger partial charge in [0.25, 0.3) is 0 Å². The van der Waals surface area contributed by atoms with Crippen LogP contribution in [0.4, 0.5) is 0 Å². The highest BCUT2D eigenvalue weighted by atomic mass is 14.3. The monoisotopic (exact) mass is 668 g/mol. The van der Waals surface area contributed by atoms with Crippen LogP contribution in [0.15, 0.2) is 176 Å². The number of fused-ring (bicyclic) bond motifs is 8. The molecule has 252 valence electrons. The Kier molecular flexibility index (Phi) is 8.53. The lowest BCUT2D eigenvalue weighted by molar-refractivity contribution is 0.614. The molecule has 9 rings (SSSR count). The summed E-state index contributed by atoms with van der Waals surface area (Å²) in [7, 11) is 0. The van der Waals surface area contributed by atoms with Crippen molar-refractivity contribution in [2.45, 2.75) is 50.9 Å². The molecule has 0 amide bonds. The van der Waals surface area contributed by atoms with Crippen LogP contribution in [0.2, 0.25) is 0 Å². The molecule has 0 heteroatoms. The number of hydrogen-bond acceptors (Lipinski definition) is 0. The zero-order chi connectivity index (χ0) is 35.0. The Morgan fingerprint density at radius 2 is 0.962 bits per heavy atom. The first-order valence-corrected chi connectivity index (χ1v) is 19.0. The lowest BCUT2D eigenvalue weighted by Gasteiger charge is -2.26. The van der Waals surface area contributed by atoms with E-state index in [4.69, 9.17) is 0 Å². The molecule has 2 unspecified atom stereocenters. The third kappa shape index (κ3) is 5.73. The Morgan fingerprint density at radius 1 is 0.481 bits per heavy atom. The molecule has 0 spiro atoms. The van der Waals surface area contributed by atoms with Crippen molar-refractivity contribution in [2.75, 3.05) is 0 Å². The lowest BCUT2D eigenvalue weighted by Crippen LogP contribution is -2.10. The molecule has 3 atom stereocenters. The van der Waals surface area contributed by atoms with Crippen LogP contribution in [0, 0.1) is 0 Å². The molecule has 52 heavy (non-hydrogen) atoms. The van der Waals surface area contributed by atoms with Gasteiger partial charge >= 0.3 is 0 Å². The third-order valence-electron chi connectivity index (χ3n) is 11.8. The van der Waals surface area contributed by atoms with Gasteiger partial charge in [-0.3, -0.25) is 0 Å². The van der Waals surface area contributed by atoms with E-state index in [1.54, 1.807) is 0 Å². The van der Waals surface area contributed by atoms with Gasteiger partial charge in [-0.2, -0.15) is 0 Å². The highest BCUT2D eigenvalue weighted by Crippen LogP contribution is 2.47. The van der Waals surface area contributed by atoms with Crippen molar-refractivity contribution in [3.8, 4) is 33.4 Å². The first-order valence-electron chi connectivity index (χ1n) is 19.0.